The van der Waals surface area contributed by atoms with Crippen LogP contribution in [0.3, 0.4) is 0 Å². The summed E-state index contributed by atoms with van der Waals surface area (Å²) < 4.78 is 10.8. The lowest BCUT2D eigenvalue weighted by atomic mass is 9.97. The fourth-order valence-corrected chi connectivity index (χ4v) is 3.38. The molecular weight excluding hydrogens is 392 g/mol. The molecule has 0 saturated carbocycles. The van der Waals surface area contributed by atoms with Gasteiger partial charge in [0.2, 0.25) is 11.4 Å². The Balaban J connectivity index is 1.81. The third-order valence-corrected chi connectivity index (χ3v) is 5.43. The van der Waals surface area contributed by atoms with Crippen LogP contribution in [0.15, 0.2) is 60.7 Å². The lowest BCUT2D eigenvalue weighted by Crippen LogP contribution is -2.45. The summed E-state index contributed by atoms with van der Waals surface area (Å²) in [6, 6.07) is 19.7. The summed E-state index contributed by atoms with van der Waals surface area (Å²) in [5.74, 6) is -2.16. The Labute approximate surface area is 184 Å². The lowest BCUT2D eigenvalue weighted by Gasteiger charge is -2.28. The van der Waals surface area contributed by atoms with Gasteiger partial charge in [0.05, 0.1) is 6.61 Å². The first kappa shape index (κ1) is 24.3. The van der Waals surface area contributed by atoms with Crippen molar-refractivity contribution in [2.24, 2.45) is 0 Å². The molecule has 5 heteroatoms. The highest BCUT2D eigenvalue weighted by Gasteiger charge is 2.42. The van der Waals surface area contributed by atoms with Crippen molar-refractivity contribution in [1.82, 2.24) is 0 Å². The van der Waals surface area contributed by atoms with Crippen molar-refractivity contribution in [1.29, 1.82) is 0 Å². The van der Waals surface area contributed by atoms with E-state index in [1.165, 1.54) is 5.56 Å². The number of hydrogen-bond donors (Lipinski definition) is 0. The Hall–Kier alpha value is -2.95. The van der Waals surface area contributed by atoms with Crippen molar-refractivity contribution in [3.63, 3.8) is 0 Å². The van der Waals surface area contributed by atoms with Crippen molar-refractivity contribution in [3.05, 3.63) is 71.8 Å². The molecule has 0 aliphatic carbocycles. The summed E-state index contributed by atoms with van der Waals surface area (Å²) in [7, 11) is 0. The summed E-state index contributed by atoms with van der Waals surface area (Å²) in [6.07, 6.45) is 3.31. The molecule has 0 bridgehead atoms. The minimum absolute atomic E-state index is 0.0867. The Morgan fingerprint density at radius 1 is 0.774 bits per heavy atom. The van der Waals surface area contributed by atoms with E-state index in [9.17, 15) is 14.4 Å². The van der Waals surface area contributed by atoms with Crippen LogP contribution in [0.25, 0.3) is 0 Å². The second-order valence-corrected chi connectivity index (χ2v) is 7.58. The van der Waals surface area contributed by atoms with Gasteiger partial charge in [0.25, 0.3) is 0 Å². The van der Waals surface area contributed by atoms with Crippen LogP contribution in [0, 0.1) is 0 Å². The number of ketones is 1. The van der Waals surface area contributed by atoms with Crippen molar-refractivity contribution in [3.8, 4) is 0 Å². The van der Waals surface area contributed by atoms with Gasteiger partial charge in [-0.2, -0.15) is 0 Å². The van der Waals surface area contributed by atoms with E-state index in [0.717, 1.165) is 12.0 Å². The molecule has 2 aromatic carbocycles. The maximum atomic E-state index is 12.7. The van der Waals surface area contributed by atoms with Gasteiger partial charge in [-0.1, -0.05) is 74.5 Å². The maximum Gasteiger partial charge on any atom is 0.375 e. The number of carbonyl (C=O) groups excluding carboxylic acids is 3. The topological polar surface area (TPSA) is 69.7 Å². The summed E-state index contributed by atoms with van der Waals surface area (Å²) in [5.41, 5.74) is 0.862. The summed E-state index contributed by atoms with van der Waals surface area (Å²) in [4.78, 5) is 37.3. The van der Waals surface area contributed by atoms with Crippen molar-refractivity contribution >= 4 is 17.7 Å². The quantitative estimate of drug-likeness (QED) is 0.261. The van der Waals surface area contributed by atoms with Crippen molar-refractivity contribution in [2.75, 3.05) is 6.61 Å². The van der Waals surface area contributed by atoms with Gasteiger partial charge in [0.1, 0.15) is 0 Å². The fraction of sp³-hybridized carbons (Fsp3) is 0.423. The lowest BCUT2D eigenvalue weighted by molar-refractivity contribution is -0.185. The summed E-state index contributed by atoms with van der Waals surface area (Å²) >= 11 is 0. The molecular formula is C26H32O5. The first-order valence-electron chi connectivity index (χ1n) is 11.0. The standard InChI is InChI=1S/C26H32O5/c1-3-26(4-2,25(29)30-20-12-18-22-15-9-6-10-16-22)31-24(28)23(27)19-11-17-21-13-7-5-8-14-21/h5-10,13-16H,3-4,11-12,17-20H2,1-2H3. The normalized spacial score (nSPS) is 11.0. The first-order valence-corrected chi connectivity index (χ1v) is 11.0. The molecule has 0 atom stereocenters. The summed E-state index contributed by atoms with van der Waals surface area (Å²) in [6.45, 7) is 3.74. The van der Waals surface area contributed by atoms with Crippen LogP contribution in [0.2, 0.25) is 0 Å². The Morgan fingerprint density at radius 3 is 1.81 bits per heavy atom. The average Bonchev–Trinajstić information content (AvgIpc) is 2.81. The van der Waals surface area contributed by atoms with Crippen LogP contribution >= 0.6 is 0 Å². The number of aryl methyl sites for hydroxylation is 2. The molecule has 0 aromatic heterocycles. The van der Waals surface area contributed by atoms with E-state index in [1.54, 1.807) is 13.8 Å². The molecule has 0 amide bonds. The predicted octanol–water partition coefficient (Wildman–Crippen LogP) is 4.86. The van der Waals surface area contributed by atoms with Gasteiger partial charge in [0, 0.05) is 6.42 Å². The van der Waals surface area contributed by atoms with Crippen LogP contribution in [-0.2, 0) is 36.7 Å². The molecule has 2 aromatic rings. The van der Waals surface area contributed by atoms with Crippen LogP contribution in [0.1, 0.15) is 57.1 Å². The molecule has 0 unspecified atom stereocenters. The van der Waals surface area contributed by atoms with Crippen molar-refractivity contribution < 1.29 is 23.9 Å². The molecule has 5 nitrogen and oxygen atoms in total. The smallest absolute Gasteiger partial charge is 0.375 e. The number of benzene rings is 2. The van der Waals surface area contributed by atoms with Gasteiger partial charge in [0.15, 0.2) is 0 Å². The number of ether oxygens (including phenoxy) is 2. The highest BCUT2D eigenvalue weighted by molar-refractivity contribution is 6.33. The molecule has 31 heavy (non-hydrogen) atoms. The van der Waals surface area contributed by atoms with E-state index in [2.05, 4.69) is 0 Å². The number of Topliss-reactive ketones (excluding diaryl/α,β-unsaturated/α-hetero) is 1. The maximum absolute atomic E-state index is 12.7. The van der Waals surface area contributed by atoms with Crippen molar-refractivity contribution in [2.45, 2.75) is 64.4 Å². The molecule has 0 spiro atoms. The molecule has 2 rings (SSSR count). The van der Waals surface area contributed by atoms with E-state index in [1.807, 2.05) is 60.7 Å². The van der Waals surface area contributed by atoms with Crippen LogP contribution in [-0.4, -0.2) is 29.9 Å². The number of carbonyl (C=O) groups is 3. The molecule has 0 aliphatic rings. The summed E-state index contributed by atoms with van der Waals surface area (Å²) in [5, 5.41) is 0. The van der Waals surface area contributed by atoms with Gasteiger partial charge >= 0.3 is 11.9 Å². The van der Waals surface area contributed by atoms with Crippen LogP contribution in [0.5, 0.6) is 0 Å². The zero-order valence-electron chi connectivity index (χ0n) is 18.5. The van der Waals surface area contributed by atoms with E-state index < -0.39 is 23.3 Å². The molecule has 0 saturated heterocycles. The van der Waals surface area contributed by atoms with E-state index in [-0.39, 0.29) is 25.9 Å². The SMILES string of the molecule is CCC(CC)(OC(=O)C(=O)CCCc1ccccc1)C(=O)OCCCc1ccccc1. The van der Waals surface area contributed by atoms with Gasteiger partial charge in [-0.3, -0.25) is 4.79 Å². The Bertz CT molecular complexity index is 825. The highest BCUT2D eigenvalue weighted by Crippen LogP contribution is 2.24. The fourth-order valence-electron chi connectivity index (χ4n) is 3.38. The average molecular weight is 425 g/mol. The third-order valence-electron chi connectivity index (χ3n) is 5.43. The monoisotopic (exact) mass is 424 g/mol. The van der Waals surface area contributed by atoms with Crippen LogP contribution in [0.4, 0.5) is 0 Å². The molecule has 166 valence electrons. The molecule has 0 radical (unpaired) electrons. The first-order chi connectivity index (χ1) is 15.0. The molecule has 0 heterocycles. The Morgan fingerprint density at radius 2 is 1.29 bits per heavy atom. The zero-order valence-corrected chi connectivity index (χ0v) is 18.5. The minimum Gasteiger partial charge on any atom is -0.463 e. The van der Waals surface area contributed by atoms with Gasteiger partial charge in [-0.25, -0.2) is 9.59 Å². The van der Waals surface area contributed by atoms with Crippen LogP contribution < -0.4 is 0 Å². The highest BCUT2D eigenvalue weighted by atomic mass is 16.6. The van der Waals surface area contributed by atoms with Gasteiger partial charge < -0.3 is 9.47 Å². The molecule has 0 fully saturated rings. The Kier molecular flexibility index (Phi) is 9.95. The third kappa shape index (κ3) is 7.67. The predicted molar refractivity (Wildman–Crippen MR) is 120 cm³/mol. The van der Waals surface area contributed by atoms with E-state index in [4.69, 9.17) is 9.47 Å². The van der Waals surface area contributed by atoms with Gasteiger partial charge in [-0.05, 0) is 49.7 Å². The van der Waals surface area contributed by atoms with Gasteiger partial charge in [-0.15, -0.1) is 0 Å². The van der Waals surface area contributed by atoms with E-state index in [0.29, 0.717) is 19.3 Å². The molecule has 0 aliphatic heterocycles. The second-order valence-electron chi connectivity index (χ2n) is 7.58. The largest absolute Gasteiger partial charge is 0.463 e. The number of rotatable bonds is 13. The number of esters is 2. The van der Waals surface area contributed by atoms with E-state index >= 15 is 0 Å². The second kappa shape index (κ2) is 12.7. The number of hydrogen-bond acceptors (Lipinski definition) is 5. The zero-order chi connectivity index (χ0) is 22.5. The molecule has 0 N–H and O–H groups in total. The minimum atomic E-state index is -1.42.